The summed E-state index contributed by atoms with van der Waals surface area (Å²) in [6.07, 6.45) is -12.0. The molecule has 3 aromatic carbocycles. The van der Waals surface area contributed by atoms with E-state index < -0.39 is 29.4 Å². The fourth-order valence-electron chi connectivity index (χ4n) is 4.22. The molecule has 0 spiro atoms. The first-order valence-corrected chi connectivity index (χ1v) is 11.7. The summed E-state index contributed by atoms with van der Waals surface area (Å²) in [6.45, 7) is 4.64. The van der Waals surface area contributed by atoms with Crippen LogP contribution in [0.3, 0.4) is 0 Å². The Morgan fingerprint density at radius 3 is 1.95 bits per heavy atom. The van der Waals surface area contributed by atoms with Crippen molar-refractivity contribution < 1.29 is 46.4 Å². The standard InChI is InChI=1S/C28H28F6O4/c1-16(2)24-11-21(26(37,27(29,30)31)28(32,33)34)7-9-23(24)25-12-22(8-4-17(25)3)38-15-18-5-6-19(13-35)20(10-18)14-36/h4-12,16,35-37H,13-15H2,1-3H3. The molecule has 38 heavy (non-hydrogen) atoms. The van der Waals surface area contributed by atoms with E-state index in [9.17, 15) is 41.7 Å². The lowest BCUT2D eigenvalue weighted by molar-refractivity contribution is -0.376. The van der Waals surface area contributed by atoms with Crippen molar-refractivity contribution in [1.29, 1.82) is 0 Å². The van der Waals surface area contributed by atoms with Crippen LogP contribution in [0.4, 0.5) is 26.3 Å². The first kappa shape index (κ1) is 29.5. The van der Waals surface area contributed by atoms with Gasteiger partial charge in [-0.2, -0.15) is 26.3 Å². The molecule has 0 heterocycles. The zero-order chi connectivity index (χ0) is 28.5. The molecule has 0 aromatic heterocycles. The lowest BCUT2D eigenvalue weighted by Gasteiger charge is -2.33. The molecule has 3 N–H and O–H groups in total. The number of alkyl halides is 6. The molecule has 0 saturated heterocycles. The third-order valence-electron chi connectivity index (χ3n) is 6.43. The molecular weight excluding hydrogens is 514 g/mol. The van der Waals surface area contributed by atoms with Gasteiger partial charge in [0.05, 0.1) is 13.2 Å². The molecule has 10 heteroatoms. The highest BCUT2D eigenvalue weighted by Gasteiger charge is 2.71. The molecule has 3 rings (SSSR count). The monoisotopic (exact) mass is 542 g/mol. The number of aliphatic hydroxyl groups is 3. The highest BCUT2D eigenvalue weighted by atomic mass is 19.4. The Hall–Kier alpha value is -3.08. The molecule has 0 radical (unpaired) electrons. The van der Waals surface area contributed by atoms with Crippen LogP contribution >= 0.6 is 0 Å². The summed E-state index contributed by atoms with van der Waals surface area (Å²) < 4.78 is 86.6. The van der Waals surface area contributed by atoms with E-state index in [4.69, 9.17) is 4.74 Å². The van der Waals surface area contributed by atoms with Crippen LogP contribution in [-0.4, -0.2) is 27.7 Å². The Balaban J connectivity index is 2.01. The number of aliphatic hydroxyl groups excluding tert-OH is 2. The molecule has 0 fully saturated rings. The number of aryl methyl sites for hydroxylation is 1. The van der Waals surface area contributed by atoms with Gasteiger partial charge in [-0.3, -0.25) is 0 Å². The molecule has 0 unspecified atom stereocenters. The number of hydrogen-bond donors (Lipinski definition) is 3. The van der Waals surface area contributed by atoms with Gasteiger partial charge in [-0.05, 0) is 70.0 Å². The van der Waals surface area contributed by atoms with Crippen molar-refractivity contribution >= 4 is 0 Å². The van der Waals surface area contributed by atoms with Gasteiger partial charge in [0, 0.05) is 5.56 Å². The van der Waals surface area contributed by atoms with Gasteiger partial charge in [0.1, 0.15) is 12.4 Å². The van der Waals surface area contributed by atoms with Crippen LogP contribution in [0.15, 0.2) is 54.6 Å². The first-order valence-electron chi connectivity index (χ1n) is 11.7. The Kier molecular flexibility index (Phi) is 8.50. The third kappa shape index (κ3) is 5.67. The van der Waals surface area contributed by atoms with Crippen molar-refractivity contribution in [1.82, 2.24) is 0 Å². The minimum atomic E-state index is -5.98. The van der Waals surface area contributed by atoms with Crippen molar-refractivity contribution in [2.24, 2.45) is 0 Å². The molecule has 0 aliphatic rings. The number of halogens is 6. The van der Waals surface area contributed by atoms with Crippen LogP contribution in [0, 0.1) is 6.92 Å². The van der Waals surface area contributed by atoms with Crippen LogP contribution in [-0.2, 0) is 25.4 Å². The van der Waals surface area contributed by atoms with Gasteiger partial charge in [0.25, 0.3) is 5.60 Å². The second-order valence-corrected chi connectivity index (χ2v) is 9.35. The van der Waals surface area contributed by atoms with Gasteiger partial charge in [-0.25, -0.2) is 0 Å². The Morgan fingerprint density at radius 2 is 1.39 bits per heavy atom. The summed E-state index contributed by atoms with van der Waals surface area (Å²) in [4.78, 5) is 0. The maximum absolute atomic E-state index is 13.5. The van der Waals surface area contributed by atoms with E-state index in [-0.39, 0.29) is 25.4 Å². The van der Waals surface area contributed by atoms with Crippen molar-refractivity contribution in [2.75, 3.05) is 0 Å². The Labute approximate surface area is 216 Å². The summed E-state index contributed by atoms with van der Waals surface area (Å²) in [6, 6.07) is 12.7. The van der Waals surface area contributed by atoms with Crippen LogP contribution in [0.2, 0.25) is 0 Å². The molecule has 206 valence electrons. The smallest absolute Gasteiger partial charge is 0.430 e. The van der Waals surface area contributed by atoms with Gasteiger partial charge >= 0.3 is 12.4 Å². The lowest BCUT2D eigenvalue weighted by atomic mass is 9.84. The minimum absolute atomic E-state index is 0.112. The number of hydrogen-bond acceptors (Lipinski definition) is 4. The number of ether oxygens (including phenoxy) is 1. The predicted molar refractivity (Wildman–Crippen MR) is 129 cm³/mol. The average molecular weight is 543 g/mol. The summed E-state index contributed by atoms with van der Waals surface area (Å²) in [5, 5.41) is 28.7. The van der Waals surface area contributed by atoms with Crippen LogP contribution < -0.4 is 4.74 Å². The van der Waals surface area contributed by atoms with Crippen LogP contribution in [0.25, 0.3) is 11.1 Å². The predicted octanol–water partition coefficient (Wildman–Crippen LogP) is 6.66. The van der Waals surface area contributed by atoms with Gasteiger partial charge < -0.3 is 20.1 Å². The zero-order valence-electron chi connectivity index (χ0n) is 20.9. The molecule has 0 saturated carbocycles. The average Bonchev–Trinajstić information content (AvgIpc) is 2.85. The fourth-order valence-corrected chi connectivity index (χ4v) is 4.22. The van der Waals surface area contributed by atoms with Crippen LogP contribution in [0.1, 0.15) is 53.1 Å². The van der Waals surface area contributed by atoms with Gasteiger partial charge in [-0.15, -0.1) is 0 Å². The molecule has 0 aliphatic heterocycles. The van der Waals surface area contributed by atoms with Crippen molar-refractivity contribution in [2.45, 2.75) is 64.5 Å². The topological polar surface area (TPSA) is 69.9 Å². The highest BCUT2D eigenvalue weighted by Crippen LogP contribution is 2.51. The summed E-state index contributed by atoms with van der Waals surface area (Å²) in [5.41, 5.74) is -2.59. The molecule has 4 nitrogen and oxygen atoms in total. The molecular formula is C28H28F6O4. The maximum atomic E-state index is 13.5. The van der Waals surface area contributed by atoms with Gasteiger partial charge in [-0.1, -0.05) is 50.2 Å². The molecule has 0 atom stereocenters. The number of benzene rings is 3. The summed E-state index contributed by atoms with van der Waals surface area (Å²) >= 11 is 0. The molecule has 0 aliphatic carbocycles. The van der Waals surface area contributed by atoms with E-state index >= 15 is 0 Å². The third-order valence-corrected chi connectivity index (χ3v) is 6.43. The Bertz CT molecular complexity index is 1270. The minimum Gasteiger partial charge on any atom is -0.489 e. The first-order chi connectivity index (χ1) is 17.6. The molecule has 0 amide bonds. The largest absolute Gasteiger partial charge is 0.489 e. The zero-order valence-corrected chi connectivity index (χ0v) is 20.9. The van der Waals surface area contributed by atoms with Crippen LogP contribution in [0.5, 0.6) is 5.75 Å². The van der Waals surface area contributed by atoms with E-state index in [0.29, 0.717) is 39.6 Å². The second kappa shape index (κ2) is 11.0. The highest BCUT2D eigenvalue weighted by molar-refractivity contribution is 5.73. The summed E-state index contributed by atoms with van der Waals surface area (Å²) in [5.74, 6) is -0.0650. The van der Waals surface area contributed by atoms with E-state index in [2.05, 4.69) is 0 Å². The van der Waals surface area contributed by atoms with Gasteiger partial charge in [0.2, 0.25) is 0 Å². The van der Waals surface area contributed by atoms with Crippen molar-refractivity contribution in [3.05, 3.63) is 88.0 Å². The lowest BCUT2D eigenvalue weighted by Crippen LogP contribution is -2.54. The second-order valence-electron chi connectivity index (χ2n) is 9.35. The Morgan fingerprint density at radius 1 is 0.763 bits per heavy atom. The number of rotatable bonds is 8. The quantitative estimate of drug-likeness (QED) is 0.279. The van der Waals surface area contributed by atoms with Crippen molar-refractivity contribution in [3.63, 3.8) is 0 Å². The molecule has 3 aromatic rings. The fraction of sp³-hybridized carbons (Fsp3) is 0.357. The SMILES string of the molecule is Cc1ccc(OCc2ccc(CO)c(CO)c2)cc1-c1ccc(C(O)(C(F)(F)F)C(F)(F)F)cc1C(C)C. The normalized spacial score (nSPS) is 12.8. The maximum Gasteiger partial charge on any atom is 0.430 e. The summed E-state index contributed by atoms with van der Waals surface area (Å²) in [7, 11) is 0. The van der Waals surface area contributed by atoms with E-state index in [0.717, 1.165) is 17.7 Å². The van der Waals surface area contributed by atoms with E-state index in [1.54, 1.807) is 57.2 Å². The van der Waals surface area contributed by atoms with Crippen molar-refractivity contribution in [3.8, 4) is 16.9 Å². The van der Waals surface area contributed by atoms with E-state index in [1.807, 2.05) is 0 Å². The van der Waals surface area contributed by atoms with Gasteiger partial charge in [0.15, 0.2) is 0 Å². The van der Waals surface area contributed by atoms with E-state index in [1.165, 1.54) is 0 Å². The molecule has 0 bridgehead atoms.